The summed E-state index contributed by atoms with van der Waals surface area (Å²) in [6, 6.07) is 15.0. The van der Waals surface area contributed by atoms with Gasteiger partial charge in [-0.05, 0) is 41.8 Å². The van der Waals surface area contributed by atoms with Crippen LogP contribution in [0.4, 0.5) is 5.82 Å². The van der Waals surface area contributed by atoms with Gasteiger partial charge in [-0.15, -0.1) is 0 Å². The number of fused-ring (bicyclic) bond motifs is 1. The highest BCUT2D eigenvalue weighted by Crippen LogP contribution is 2.32. The number of benzene rings is 2. The molecule has 10 heteroatoms. The fourth-order valence-corrected chi connectivity index (χ4v) is 5.87. The van der Waals surface area contributed by atoms with E-state index in [4.69, 9.17) is 4.74 Å². The Hall–Kier alpha value is -3.50. The van der Waals surface area contributed by atoms with Crippen LogP contribution in [0, 0.1) is 0 Å². The molecule has 9 nitrogen and oxygen atoms in total. The van der Waals surface area contributed by atoms with Gasteiger partial charge in [0.1, 0.15) is 17.9 Å². The summed E-state index contributed by atoms with van der Waals surface area (Å²) in [5, 5.41) is 4.40. The lowest BCUT2D eigenvalue weighted by atomic mass is 10.1. The Balaban J connectivity index is 1.41. The monoisotopic (exact) mass is 492 g/mol. The molecule has 0 N–H and O–H groups in total. The number of methoxy groups -OCH3 is 1. The summed E-state index contributed by atoms with van der Waals surface area (Å²) in [6.07, 6.45) is 5.24. The second kappa shape index (κ2) is 9.63. The second-order valence-electron chi connectivity index (χ2n) is 8.48. The molecule has 1 saturated heterocycles. The first-order valence-corrected chi connectivity index (χ1v) is 13.1. The van der Waals surface area contributed by atoms with E-state index in [0.717, 1.165) is 41.1 Å². The molecule has 2 aromatic heterocycles. The zero-order valence-corrected chi connectivity index (χ0v) is 20.6. The summed E-state index contributed by atoms with van der Waals surface area (Å²) in [4.78, 5) is 11.2. The normalized spacial score (nSPS) is 15.0. The van der Waals surface area contributed by atoms with Crippen molar-refractivity contribution in [3.63, 3.8) is 0 Å². The van der Waals surface area contributed by atoms with Gasteiger partial charge in [0.2, 0.25) is 10.0 Å². The highest BCUT2D eigenvalue weighted by Gasteiger charge is 2.30. The Morgan fingerprint density at radius 1 is 0.943 bits per heavy atom. The Labute approximate surface area is 205 Å². The number of anilines is 1. The maximum atomic E-state index is 13.3. The second-order valence-corrected chi connectivity index (χ2v) is 10.4. The lowest BCUT2D eigenvalue weighted by molar-refractivity contribution is 0.383. The van der Waals surface area contributed by atoms with Crippen molar-refractivity contribution >= 4 is 21.6 Å². The molecule has 1 fully saturated rings. The molecule has 0 unspecified atom stereocenters. The molecular weight excluding hydrogens is 464 g/mol. The average molecular weight is 493 g/mol. The van der Waals surface area contributed by atoms with Gasteiger partial charge in [-0.3, -0.25) is 0 Å². The molecule has 182 valence electrons. The maximum absolute atomic E-state index is 13.3. The zero-order chi connectivity index (χ0) is 24.4. The van der Waals surface area contributed by atoms with Crippen LogP contribution in [0.15, 0.2) is 66.0 Å². The first-order valence-electron chi connectivity index (χ1n) is 11.7. The van der Waals surface area contributed by atoms with Gasteiger partial charge in [0, 0.05) is 37.9 Å². The third-order valence-corrected chi connectivity index (χ3v) is 8.23. The molecule has 0 amide bonds. The van der Waals surface area contributed by atoms with Crippen LogP contribution in [0.5, 0.6) is 5.75 Å². The van der Waals surface area contributed by atoms with E-state index in [1.54, 1.807) is 34.3 Å². The molecule has 0 radical (unpaired) electrons. The first-order chi connectivity index (χ1) is 17.0. The molecular formula is C25H28N6O3S. The minimum absolute atomic E-state index is 0.340. The van der Waals surface area contributed by atoms with Crippen molar-refractivity contribution in [2.75, 3.05) is 38.2 Å². The molecule has 1 aliphatic heterocycles. The highest BCUT2D eigenvalue weighted by molar-refractivity contribution is 7.89. The van der Waals surface area contributed by atoms with Gasteiger partial charge in [0.15, 0.2) is 0 Å². The van der Waals surface area contributed by atoms with Crippen molar-refractivity contribution in [2.24, 2.45) is 0 Å². The van der Waals surface area contributed by atoms with Gasteiger partial charge in [-0.2, -0.15) is 18.9 Å². The predicted octanol–water partition coefficient (Wildman–Crippen LogP) is 3.26. The van der Waals surface area contributed by atoms with Crippen LogP contribution in [0.3, 0.4) is 0 Å². The predicted molar refractivity (Wildman–Crippen MR) is 134 cm³/mol. The summed E-state index contributed by atoms with van der Waals surface area (Å²) in [7, 11) is -1.92. The number of aryl methyl sites for hydroxylation is 1. The van der Waals surface area contributed by atoms with E-state index >= 15 is 0 Å². The van der Waals surface area contributed by atoms with E-state index in [1.165, 1.54) is 6.33 Å². The van der Waals surface area contributed by atoms with Crippen LogP contribution in [0.25, 0.3) is 16.9 Å². The maximum Gasteiger partial charge on any atom is 0.254 e. The van der Waals surface area contributed by atoms with Gasteiger partial charge in [0.25, 0.3) is 5.78 Å². The molecule has 0 aliphatic carbocycles. The van der Waals surface area contributed by atoms with Crippen LogP contribution in [-0.2, 0) is 16.4 Å². The molecule has 0 bridgehead atoms. The molecule has 3 heterocycles. The SMILES string of the molecule is CCCc1ccc(S(=O)(=O)N2CCN(c3c(-c4ccc(OC)cc4)cnc4ncnn34)CC2)cc1. The Morgan fingerprint density at radius 2 is 1.66 bits per heavy atom. The van der Waals surface area contributed by atoms with E-state index in [-0.39, 0.29) is 0 Å². The van der Waals surface area contributed by atoms with Crippen molar-refractivity contribution in [1.29, 1.82) is 0 Å². The average Bonchev–Trinajstić information content (AvgIpc) is 3.38. The third kappa shape index (κ3) is 4.46. The van der Waals surface area contributed by atoms with Crippen molar-refractivity contribution in [1.82, 2.24) is 23.9 Å². The van der Waals surface area contributed by atoms with E-state index in [2.05, 4.69) is 26.9 Å². The largest absolute Gasteiger partial charge is 0.497 e. The van der Waals surface area contributed by atoms with Crippen LogP contribution in [-0.4, -0.2) is 65.6 Å². The molecule has 0 saturated carbocycles. The number of sulfonamides is 1. The summed E-state index contributed by atoms with van der Waals surface area (Å²) < 4.78 is 35.1. The van der Waals surface area contributed by atoms with Gasteiger partial charge in [-0.25, -0.2) is 13.4 Å². The van der Waals surface area contributed by atoms with Crippen LogP contribution < -0.4 is 9.64 Å². The number of nitrogens with zero attached hydrogens (tertiary/aromatic N) is 6. The van der Waals surface area contributed by atoms with E-state index < -0.39 is 10.0 Å². The number of piperazine rings is 1. The van der Waals surface area contributed by atoms with Gasteiger partial charge >= 0.3 is 0 Å². The number of ether oxygens (including phenoxy) is 1. The van der Waals surface area contributed by atoms with Gasteiger partial charge in [-0.1, -0.05) is 37.6 Å². The number of hydrogen-bond donors (Lipinski definition) is 0. The van der Waals surface area contributed by atoms with Crippen molar-refractivity contribution in [3.05, 3.63) is 66.6 Å². The Morgan fingerprint density at radius 3 is 2.31 bits per heavy atom. The molecule has 5 rings (SSSR count). The smallest absolute Gasteiger partial charge is 0.254 e. The minimum atomic E-state index is -3.56. The van der Waals surface area contributed by atoms with Gasteiger partial charge in [0.05, 0.1) is 12.0 Å². The van der Waals surface area contributed by atoms with Crippen molar-refractivity contribution < 1.29 is 13.2 Å². The topological polar surface area (TPSA) is 92.9 Å². The number of hydrogen-bond acceptors (Lipinski definition) is 7. The van der Waals surface area contributed by atoms with E-state index in [1.807, 2.05) is 36.4 Å². The van der Waals surface area contributed by atoms with Crippen LogP contribution in [0.1, 0.15) is 18.9 Å². The quantitative estimate of drug-likeness (QED) is 0.391. The number of aromatic nitrogens is 4. The summed E-state index contributed by atoms with van der Waals surface area (Å²) in [5.41, 5.74) is 3.01. The zero-order valence-electron chi connectivity index (χ0n) is 19.8. The Kier molecular flexibility index (Phi) is 6.40. The minimum Gasteiger partial charge on any atom is -0.497 e. The van der Waals surface area contributed by atoms with Gasteiger partial charge < -0.3 is 9.64 Å². The fraction of sp³-hybridized carbons (Fsp3) is 0.320. The van der Waals surface area contributed by atoms with Crippen LogP contribution >= 0.6 is 0 Å². The third-order valence-electron chi connectivity index (χ3n) is 6.32. The van der Waals surface area contributed by atoms with E-state index in [0.29, 0.717) is 36.9 Å². The fourth-order valence-electron chi connectivity index (χ4n) is 4.45. The molecule has 35 heavy (non-hydrogen) atoms. The summed E-state index contributed by atoms with van der Waals surface area (Å²) in [5.74, 6) is 2.12. The van der Waals surface area contributed by atoms with Crippen molar-refractivity contribution in [3.8, 4) is 16.9 Å². The molecule has 4 aromatic rings. The first kappa shape index (κ1) is 23.3. The summed E-state index contributed by atoms with van der Waals surface area (Å²) in [6.45, 7) is 3.91. The molecule has 2 aromatic carbocycles. The Bertz CT molecular complexity index is 1410. The lowest BCUT2D eigenvalue weighted by Gasteiger charge is -2.36. The summed E-state index contributed by atoms with van der Waals surface area (Å²) >= 11 is 0. The van der Waals surface area contributed by atoms with Crippen LogP contribution in [0.2, 0.25) is 0 Å². The number of rotatable bonds is 7. The molecule has 0 spiro atoms. The van der Waals surface area contributed by atoms with Crippen molar-refractivity contribution in [2.45, 2.75) is 24.7 Å². The highest BCUT2D eigenvalue weighted by atomic mass is 32.2. The van der Waals surface area contributed by atoms with E-state index in [9.17, 15) is 8.42 Å². The standard InChI is InChI=1S/C25H28N6O3S/c1-3-4-19-5-11-22(12-6-19)35(32,33)30-15-13-29(14-16-30)24-23(17-26-25-27-18-28-31(24)25)20-7-9-21(34-2)10-8-20/h5-12,17-18H,3-4,13-16H2,1-2H3. The molecule has 0 atom stereocenters. The molecule has 1 aliphatic rings. The lowest BCUT2D eigenvalue weighted by Crippen LogP contribution is -2.49.